The van der Waals surface area contributed by atoms with Crippen LogP contribution in [0.15, 0.2) is 36.7 Å². The Kier molecular flexibility index (Phi) is 3.43. The second-order valence-corrected chi connectivity index (χ2v) is 6.61. The quantitative estimate of drug-likeness (QED) is 0.873. The molecule has 0 spiro atoms. The van der Waals surface area contributed by atoms with Crippen LogP contribution in [0.5, 0.6) is 0 Å². The Balaban J connectivity index is 1.50. The van der Waals surface area contributed by atoms with Gasteiger partial charge in [-0.05, 0) is 36.8 Å². The van der Waals surface area contributed by atoms with E-state index < -0.39 is 0 Å². The number of likely N-dealkylation sites (tertiary alicyclic amines) is 1. The number of nitrogens with zero attached hydrogens (tertiary/aromatic N) is 3. The lowest BCUT2D eigenvalue weighted by Crippen LogP contribution is -2.32. The molecule has 4 rings (SSSR count). The number of amides is 1. The summed E-state index contributed by atoms with van der Waals surface area (Å²) in [4.78, 5) is 14.8. The van der Waals surface area contributed by atoms with Crippen LogP contribution in [0.4, 0.5) is 4.39 Å². The monoisotopic (exact) mass is 313 g/mol. The Morgan fingerprint density at radius 1 is 1.35 bits per heavy atom. The molecule has 1 aliphatic heterocycles. The highest BCUT2D eigenvalue weighted by Gasteiger charge is 2.48. The highest BCUT2D eigenvalue weighted by molar-refractivity contribution is 5.83. The van der Waals surface area contributed by atoms with E-state index >= 15 is 0 Å². The van der Waals surface area contributed by atoms with Crippen molar-refractivity contribution in [2.75, 3.05) is 6.54 Å². The van der Waals surface area contributed by atoms with Crippen LogP contribution >= 0.6 is 0 Å². The van der Waals surface area contributed by atoms with E-state index in [1.165, 1.54) is 6.07 Å². The van der Waals surface area contributed by atoms with Crippen LogP contribution in [0, 0.1) is 11.7 Å². The van der Waals surface area contributed by atoms with E-state index in [0.29, 0.717) is 5.56 Å². The summed E-state index contributed by atoms with van der Waals surface area (Å²) in [5, 5.41) is 4.22. The number of aryl methyl sites for hydroxylation is 1. The van der Waals surface area contributed by atoms with Crippen molar-refractivity contribution in [1.29, 1.82) is 0 Å². The van der Waals surface area contributed by atoms with Gasteiger partial charge < -0.3 is 4.90 Å². The lowest BCUT2D eigenvalue weighted by molar-refractivity contribution is -0.133. The second kappa shape index (κ2) is 5.48. The molecular formula is C18H20FN3O. The third kappa shape index (κ3) is 2.54. The van der Waals surface area contributed by atoms with Gasteiger partial charge in [0.05, 0.1) is 12.2 Å². The van der Waals surface area contributed by atoms with Crippen LogP contribution in [0.25, 0.3) is 0 Å². The van der Waals surface area contributed by atoms with Gasteiger partial charge in [-0.25, -0.2) is 4.39 Å². The minimum atomic E-state index is -0.196. The largest absolute Gasteiger partial charge is 0.335 e. The van der Waals surface area contributed by atoms with Crippen LogP contribution in [0.2, 0.25) is 0 Å². The molecule has 1 saturated heterocycles. The van der Waals surface area contributed by atoms with Crippen molar-refractivity contribution in [3.05, 3.63) is 53.6 Å². The highest BCUT2D eigenvalue weighted by atomic mass is 19.1. The molecule has 2 fully saturated rings. The molecule has 1 aromatic heterocycles. The minimum Gasteiger partial charge on any atom is -0.335 e. The number of hydrogen-bond acceptors (Lipinski definition) is 2. The Bertz CT molecular complexity index is 741. The van der Waals surface area contributed by atoms with Crippen molar-refractivity contribution in [2.24, 2.45) is 13.0 Å². The summed E-state index contributed by atoms with van der Waals surface area (Å²) >= 11 is 0. The summed E-state index contributed by atoms with van der Waals surface area (Å²) in [6, 6.07) is 6.93. The van der Waals surface area contributed by atoms with Crippen molar-refractivity contribution in [2.45, 2.75) is 31.2 Å². The van der Waals surface area contributed by atoms with E-state index in [-0.39, 0.29) is 29.6 Å². The maximum atomic E-state index is 13.9. The number of benzene rings is 1. The van der Waals surface area contributed by atoms with Crippen LogP contribution in [-0.4, -0.2) is 27.1 Å². The molecule has 4 nitrogen and oxygen atoms in total. The summed E-state index contributed by atoms with van der Waals surface area (Å²) in [5.74, 6) is -0.0503. The lowest BCUT2D eigenvalue weighted by Gasteiger charge is -2.24. The first-order chi connectivity index (χ1) is 11.1. The van der Waals surface area contributed by atoms with E-state index in [4.69, 9.17) is 0 Å². The van der Waals surface area contributed by atoms with Crippen molar-refractivity contribution in [3.8, 4) is 0 Å². The molecular weight excluding hydrogens is 293 g/mol. The molecule has 2 aliphatic rings. The Hall–Kier alpha value is -2.17. The van der Waals surface area contributed by atoms with Gasteiger partial charge in [0.2, 0.25) is 5.91 Å². The smallest absolute Gasteiger partial charge is 0.226 e. The van der Waals surface area contributed by atoms with E-state index in [2.05, 4.69) is 5.10 Å². The number of hydrogen-bond donors (Lipinski definition) is 0. The first-order valence-corrected chi connectivity index (χ1v) is 8.18. The summed E-state index contributed by atoms with van der Waals surface area (Å²) in [6.45, 7) is 0.791. The van der Waals surface area contributed by atoms with E-state index in [1.54, 1.807) is 16.8 Å². The standard InChI is InChI=1S/C18H20FN3O/c1-21-11-12(10-20-21)17-7-4-8-22(17)18(23)15-9-14(15)13-5-2-3-6-16(13)19/h2-3,5-6,10-11,14-15,17H,4,7-9H2,1H3/t14-,15+,17+/m1/s1. The maximum Gasteiger partial charge on any atom is 0.226 e. The molecule has 1 aromatic carbocycles. The van der Waals surface area contributed by atoms with Gasteiger partial charge in [0.15, 0.2) is 0 Å². The van der Waals surface area contributed by atoms with E-state index in [9.17, 15) is 9.18 Å². The van der Waals surface area contributed by atoms with Gasteiger partial charge in [0, 0.05) is 31.3 Å². The molecule has 1 amide bonds. The van der Waals surface area contributed by atoms with Gasteiger partial charge in [0.25, 0.3) is 0 Å². The number of aromatic nitrogens is 2. The number of carbonyl (C=O) groups excluding carboxylic acids is 1. The fourth-order valence-electron chi connectivity index (χ4n) is 3.79. The van der Waals surface area contributed by atoms with Crippen molar-refractivity contribution in [3.63, 3.8) is 0 Å². The normalized spacial score (nSPS) is 26.5. The first kappa shape index (κ1) is 14.4. The maximum absolute atomic E-state index is 13.9. The summed E-state index contributed by atoms with van der Waals surface area (Å²) in [7, 11) is 1.89. The van der Waals surface area contributed by atoms with Gasteiger partial charge in [-0.1, -0.05) is 18.2 Å². The summed E-state index contributed by atoms with van der Waals surface area (Å²) in [5.41, 5.74) is 1.78. The SMILES string of the molecule is Cn1cc([C@@H]2CCCN2C(=O)[C@H]2C[C@@H]2c2ccccc2F)cn1. The van der Waals surface area contributed by atoms with Crippen LogP contribution < -0.4 is 0 Å². The fourth-order valence-corrected chi connectivity index (χ4v) is 3.79. The summed E-state index contributed by atoms with van der Waals surface area (Å²) in [6.07, 6.45) is 6.59. The number of halogens is 1. The van der Waals surface area contributed by atoms with Gasteiger partial charge in [-0.3, -0.25) is 9.48 Å². The molecule has 2 heterocycles. The molecule has 0 bridgehead atoms. The average Bonchev–Trinajstić information content (AvgIpc) is 2.97. The van der Waals surface area contributed by atoms with Crippen LogP contribution in [0.1, 0.15) is 42.3 Å². The van der Waals surface area contributed by atoms with Crippen molar-refractivity contribution < 1.29 is 9.18 Å². The molecule has 5 heteroatoms. The van der Waals surface area contributed by atoms with Crippen molar-refractivity contribution >= 4 is 5.91 Å². The lowest BCUT2D eigenvalue weighted by atomic mass is 10.1. The second-order valence-electron chi connectivity index (χ2n) is 6.61. The third-order valence-electron chi connectivity index (χ3n) is 5.06. The molecule has 23 heavy (non-hydrogen) atoms. The summed E-state index contributed by atoms with van der Waals surface area (Å²) < 4.78 is 15.7. The first-order valence-electron chi connectivity index (χ1n) is 8.18. The molecule has 0 N–H and O–H groups in total. The molecule has 0 unspecified atom stereocenters. The third-order valence-corrected chi connectivity index (χ3v) is 5.06. The van der Waals surface area contributed by atoms with E-state index in [0.717, 1.165) is 31.4 Å². The number of rotatable bonds is 3. The zero-order chi connectivity index (χ0) is 16.0. The Morgan fingerprint density at radius 3 is 2.91 bits per heavy atom. The van der Waals surface area contributed by atoms with Crippen LogP contribution in [0.3, 0.4) is 0 Å². The molecule has 2 aromatic rings. The predicted molar refractivity (Wildman–Crippen MR) is 84.1 cm³/mol. The molecule has 3 atom stereocenters. The molecule has 120 valence electrons. The zero-order valence-corrected chi connectivity index (χ0v) is 13.2. The fraction of sp³-hybridized carbons (Fsp3) is 0.444. The number of carbonyl (C=O) groups is 1. The predicted octanol–water partition coefficient (Wildman–Crippen LogP) is 3.03. The molecule has 0 radical (unpaired) electrons. The van der Waals surface area contributed by atoms with Gasteiger partial charge in [-0.2, -0.15) is 5.10 Å². The van der Waals surface area contributed by atoms with Gasteiger partial charge in [0.1, 0.15) is 5.82 Å². The highest BCUT2D eigenvalue weighted by Crippen LogP contribution is 2.50. The Morgan fingerprint density at radius 2 is 2.17 bits per heavy atom. The minimum absolute atomic E-state index is 0.0406. The van der Waals surface area contributed by atoms with Crippen molar-refractivity contribution in [1.82, 2.24) is 14.7 Å². The zero-order valence-electron chi connectivity index (χ0n) is 13.2. The van der Waals surface area contributed by atoms with Crippen LogP contribution in [-0.2, 0) is 11.8 Å². The molecule has 1 saturated carbocycles. The van der Waals surface area contributed by atoms with Gasteiger partial charge in [-0.15, -0.1) is 0 Å². The average molecular weight is 313 g/mol. The molecule has 1 aliphatic carbocycles. The van der Waals surface area contributed by atoms with Gasteiger partial charge >= 0.3 is 0 Å². The Labute approximate surface area is 134 Å². The topological polar surface area (TPSA) is 38.1 Å². The van der Waals surface area contributed by atoms with E-state index in [1.807, 2.05) is 30.4 Å².